The van der Waals surface area contributed by atoms with Gasteiger partial charge in [0.25, 0.3) is 0 Å². The van der Waals surface area contributed by atoms with Gasteiger partial charge in [0.2, 0.25) is 0 Å². The molecule has 0 amide bonds. The van der Waals surface area contributed by atoms with Crippen LogP contribution >= 0.6 is 0 Å². The van der Waals surface area contributed by atoms with Gasteiger partial charge in [-0.05, 0) is 37.9 Å². The van der Waals surface area contributed by atoms with Gasteiger partial charge in [0.05, 0.1) is 0 Å². The molecule has 2 nitrogen and oxygen atoms in total. The van der Waals surface area contributed by atoms with E-state index in [2.05, 4.69) is 61.4 Å². The predicted octanol–water partition coefficient (Wildman–Crippen LogP) is 3.85. The number of nitrogens with one attached hydrogen (secondary N) is 1. The quantitative estimate of drug-likeness (QED) is 0.847. The molecule has 0 heterocycles. The van der Waals surface area contributed by atoms with Crippen LogP contribution in [0.15, 0.2) is 30.3 Å². The second-order valence-electron chi connectivity index (χ2n) is 6.33. The van der Waals surface area contributed by atoms with Gasteiger partial charge in [-0.1, -0.05) is 57.0 Å². The predicted molar refractivity (Wildman–Crippen MR) is 86.9 cm³/mol. The van der Waals surface area contributed by atoms with Gasteiger partial charge in [0.1, 0.15) is 0 Å². The second kappa shape index (κ2) is 7.80. The van der Waals surface area contributed by atoms with E-state index in [9.17, 15) is 0 Å². The standard InChI is InChI=1S/C18H30N2/c1-4-19-14-18(16-10-6-5-7-11-16)20(3)17-12-8-9-15(2)13-17/h5-7,10-11,15,17-19H,4,8-9,12-14H2,1-3H3. The Morgan fingerprint density at radius 2 is 2.00 bits per heavy atom. The van der Waals surface area contributed by atoms with Crippen molar-refractivity contribution in [2.75, 3.05) is 20.1 Å². The summed E-state index contributed by atoms with van der Waals surface area (Å²) in [6.07, 6.45) is 5.51. The zero-order valence-electron chi connectivity index (χ0n) is 13.3. The lowest BCUT2D eigenvalue weighted by Crippen LogP contribution is -2.42. The third-order valence-electron chi connectivity index (χ3n) is 4.75. The van der Waals surface area contributed by atoms with Crippen molar-refractivity contribution < 1.29 is 0 Å². The Balaban J connectivity index is 2.09. The lowest BCUT2D eigenvalue weighted by molar-refractivity contribution is 0.116. The van der Waals surface area contributed by atoms with E-state index < -0.39 is 0 Å². The van der Waals surface area contributed by atoms with Crippen LogP contribution in [-0.2, 0) is 0 Å². The van der Waals surface area contributed by atoms with Gasteiger partial charge < -0.3 is 5.32 Å². The van der Waals surface area contributed by atoms with Crippen LogP contribution in [0, 0.1) is 5.92 Å². The SMILES string of the molecule is CCNCC(c1ccccc1)N(C)C1CCCC(C)C1. The Labute approximate surface area is 124 Å². The minimum absolute atomic E-state index is 0.492. The molecule has 3 atom stereocenters. The zero-order chi connectivity index (χ0) is 14.4. The van der Waals surface area contributed by atoms with Crippen molar-refractivity contribution in [3.8, 4) is 0 Å². The maximum absolute atomic E-state index is 3.54. The first-order chi connectivity index (χ1) is 9.72. The summed E-state index contributed by atoms with van der Waals surface area (Å²) in [6, 6.07) is 12.2. The molecule has 3 unspecified atom stereocenters. The number of hydrogen-bond donors (Lipinski definition) is 1. The molecular weight excluding hydrogens is 244 g/mol. The molecule has 1 aliphatic rings. The molecule has 0 aromatic heterocycles. The van der Waals surface area contributed by atoms with Crippen molar-refractivity contribution >= 4 is 0 Å². The molecule has 20 heavy (non-hydrogen) atoms. The smallest absolute Gasteiger partial charge is 0.0472 e. The normalized spacial score (nSPS) is 24.8. The Morgan fingerprint density at radius 1 is 1.25 bits per heavy atom. The molecule has 0 radical (unpaired) electrons. The minimum atomic E-state index is 0.492. The molecule has 1 aromatic carbocycles. The van der Waals surface area contributed by atoms with E-state index in [1.165, 1.54) is 31.2 Å². The van der Waals surface area contributed by atoms with Crippen molar-refractivity contribution in [3.63, 3.8) is 0 Å². The third-order valence-corrected chi connectivity index (χ3v) is 4.75. The van der Waals surface area contributed by atoms with Gasteiger partial charge in [-0.15, -0.1) is 0 Å². The number of likely N-dealkylation sites (N-methyl/N-ethyl adjacent to an activating group) is 2. The summed E-state index contributed by atoms with van der Waals surface area (Å²) >= 11 is 0. The van der Waals surface area contributed by atoms with Crippen molar-refractivity contribution in [1.29, 1.82) is 0 Å². The average Bonchev–Trinajstić information content (AvgIpc) is 2.48. The second-order valence-corrected chi connectivity index (χ2v) is 6.33. The minimum Gasteiger partial charge on any atom is -0.315 e. The zero-order valence-corrected chi connectivity index (χ0v) is 13.3. The van der Waals surface area contributed by atoms with E-state index in [1.54, 1.807) is 0 Å². The Morgan fingerprint density at radius 3 is 2.65 bits per heavy atom. The Hall–Kier alpha value is -0.860. The van der Waals surface area contributed by atoms with Crippen molar-refractivity contribution in [3.05, 3.63) is 35.9 Å². The van der Waals surface area contributed by atoms with Crippen molar-refractivity contribution in [2.45, 2.75) is 51.6 Å². The molecule has 1 N–H and O–H groups in total. The molecule has 2 rings (SSSR count). The molecule has 1 saturated carbocycles. The molecule has 0 bridgehead atoms. The molecule has 112 valence electrons. The molecule has 1 aromatic rings. The van der Waals surface area contributed by atoms with Crippen LogP contribution in [0.1, 0.15) is 51.1 Å². The number of benzene rings is 1. The van der Waals surface area contributed by atoms with Crippen LogP contribution in [0.3, 0.4) is 0 Å². The van der Waals surface area contributed by atoms with Crippen LogP contribution in [0.5, 0.6) is 0 Å². The summed E-state index contributed by atoms with van der Waals surface area (Å²) in [5, 5.41) is 3.54. The first-order valence-electron chi connectivity index (χ1n) is 8.20. The molecule has 1 fully saturated rings. The summed E-state index contributed by atoms with van der Waals surface area (Å²) in [6.45, 7) is 6.67. The van der Waals surface area contributed by atoms with E-state index in [4.69, 9.17) is 0 Å². The highest BCUT2D eigenvalue weighted by Gasteiger charge is 2.27. The fourth-order valence-electron chi connectivity index (χ4n) is 3.48. The lowest BCUT2D eigenvalue weighted by atomic mass is 9.85. The fourth-order valence-corrected chi connectivity index (χ4v) is 3.48. The molecular formula is C18H30N2. The maximum atomic E-state index is 3.54. The summed E-state index contributed by atoms with van der Waals surface area (Å²) in [5.41, 5.74) is 1.44. The number of rotatable bonds is 6. The summed E-state index contributed by atoms with van der Waals surface area (Å²) in [7, 11) is 2.32. The molecule has 0 saturated heterocycles. The van der Waals surface area contributed by atoms with Crippen LogP contribution in [-0.4, -0.2) is 31.1 Å². The van der Waals surface area contributed by atoms with Crippen LogP contribution in [0.4, 0.5) is 0 Å². The molecule has 2 heteroatoms. The summed E-state index contributed by atoms with van der Waals surface area (Å²) in [4.78, 5) is 2.62. The number of hydrogen-bond acceptors (Lipinski definition) is 2. The van der Waals surface area contributed by atoms with Gasteiger partial charge in [-0.2, -0.15) is 0 Å². The Bertz CT molecular complexity index is 376. The van der Waals surface area contributed by atoms with Crippen molar-refractivity contribution in [2.24, 2.45) is 5.92 Å². The lowest BCUT2D eigenvalue weighted by Gasteiger charge is -2.39. The fraction of sp³-hybridized carbons (Fsp3) is 0.667. The van der Waals surface area contributed by atoms with E-state index in [1.807, 2.05) is 0 Å². The Kier molecular flexibility index (Phi) is 6.06. The highest BCUT2D eigenvalue weighted by atomic mass is 15.2. The van der Waals surface area contributed by atoms with E-state index in [0.29, 0.717) is 6.04 Å². The number of nitrogens with zero attached hydrogens (tertiary/aromatic N) is 1. The van der Waals surface area contributed by atoms with E-state index in [-0.39, 0.29) is 0 Å². The monoisotopic (exact) mass is 274 g/mol. The first kappa shape index (κ1) is 15.5. The highest BCUT2D eigenvalue weighted by molar-refractivity contribution is 5.19. The van der Waals surface area contributed by atoms with Gasteiger partial charge in [0, 0.05) is 18.6 Å². The molecule has 0 spiro atoms. The van der Waals surface area contributed by atoms with Gasteiger partial charge in [-0.25, -0.2) is 0 Å². The van der Waals surface area contributed by atoms with Crippen molar-refractivity contribution in [1.82, 2.24) is 10.2 Å². The summed E-state index contributed by atoms with van der Waals surface area (Å²) < 4.78 is 0. The van der Waals surface area contributed by atoms with Crippen LogP contribution in [0.2, 0.25) is 0 Å². The van der Waals surface area contributed by atoms with E-state index >= 15 is 0 Å². The van der Waals surface area contributed by atoms with Crippen LogP contribution in [0.25, 0.3) is 0 Å². The van der Waals surface area contributed by atoms with Gasteiger partial charge in [-0.3, -0.25) is 4.90 Å². The van der Waals surface area contributed by atoms with Gasteiger partial charge in [0.15, 0.2) is 0 Å². The first-order valence-corrected chi connectivity index (χ1v) is 8.20. The average molecular weight is 274 g/mol. The van der Waals surface area contributed by atoms with E-state index in [0.717, 1.165) is 25.0 Å². The largest absolute Gasteiger partial charge is 0.315 e. The topological polar surface area (TPSA) is 15.3 Å². The highest BCUT2D eigenvalue weighted by Crippen LogP contribution is 2.31. The summed E-state index contributed by atoms with van der Waals surface area (Å²) in [5.74, 6) is 0.881. The third kappa shape index (κ3) is 4.07. The molecule has 1 aliphatic carbocycles. The molecule has 0 aliphatic heterocycles. The van der Waals surface area contributed by atoms with Gasteiger partial charge >= 0.3 is 0 Å². The van der Waals surface area contributed by atoms with Crippen LogP contribution < -0.4 is 5.32 Å². The maximum Gasteiger partial charge on any atom is 0.0472 e.